The third-order valence-corrected chi connectivity index (χ3v) is 4.64. The van der Waals surface area contributed by atoms with E-state index in [9.17, 15) is 9.59 Å². The van der Waals surface area contributed by atoms with Gasteiger partial charge in [-0.2, -0.15) is 0 Å². The third-order valence-electron chi connectivity index (χ3n) is 4.64. The second-order valence-corrected chi connectivity index (χ2v) is 7.60. The van der Waals surface area contributed by atoms with Crippen molar-refractivity contribution in [1.82, 2.24) is 20.4 Å². The minimum Gasteiger partial charge on any atom is -0.357 e. The summed E-state index contributed by atoms with van der Waals surface area (Å²) in [6.07, 6.45) is 5.82. The smallest absolute Gasteiger partial charge is 0.222 e. The van der Waals surface area contributed by atoms with Crippen LogP contribution in [0, 0.1) is 5.92 Å². The van der Waals surface area contributed by atoms with Gasteiger partial charge in [-0.25, -0.2) is 0 Å². The topological polar surface area (TPSA) is 77.0 Å². The minimum atomic E-state index is 0.209. The van der Waals surface area contributed by atoms with Gasteiger partial charge in [0.1, 0.15) is 0 Å². The molecule has 0 aliphatic carbocycles. The summed E-state index contributed by atoms with van der Waals surface area (Å²) < 4.78 is 0. The zero-order valence-corrected chi connectivity index (χ0v) is 18.0. The highest BCUT2D eigenvalue weighted by molar-refractivity contribution is 5.80. The van der Waals surface area contributed by atoms with Gasteiger partial charge >= 0.3 is 0 Å². The first-order chi connectivity index (χ1) is 13.5. The molecule has 7 nitrogen and oxygen atoms in total. The number of aliphatic imine (C=N–C) groups is 1. The summed E-state index contributed by atoms with van der Waals surface area (Å²) in [6, 6.07) is 0. The molecular weight excluding hydrogens is 354 g/mol. The van der Waals surface area contributed by atoms with E-state index in [2.05, 4.69) is 36.1 Å². The van der Waals surface area contributed by atoms with Gasteiger partial charge in [0.25, 0.3) is 0 Å². The molecule has 1 fully saturated rings. The Hall–Kier alpha value is -2.05. The number of piperazine rings is 1. The molecule has 0 aromatic carbocycles. The first kappa shape index (κ1) is 24.0. The van der Waals surface area contributed by atoms with E-state index in [1.807, 2.05) is 16.7 Å². The van der Waals surface area contributed by atoms with E-state index in [1.165, 1.54) is 0 Å². The summed E-state index contributed by atoms with van der Waals surface area (Å²) in [6.45, 7) is 14.8. The van der Waals surface area contributed by atoms with E-state index >= 15 is 0 Å². The predicted molar refractivity (Wildman–Crippen MR) is 115 cm³/mol. The largest absolute Gasteiger partial charge is 0.357 e. The van der Waals surface area contributed by atoms with Gasteiger partial charge in [0.15, 0.2) is 5.96 Å². The van der Waals surface area contributed by atoms with Gasteiger partial charge in [-0.05, 0) is 25.7 Å². The quantitative estimate of drug-likeness (QED) is 0.244. The monoisotopic (exact) mass is 393 g/mol. The van der Waals surface area contributed by atoms with E-state index < -0.39 is 0 Å². The van der Waals surface area contributed by atoms with Crippen LogP contribution in [0.5, 0.6) is 0 Å². The van der Waals surface area contributed by atoms with Crippen LogP contribution in [0.3, 0.4) is 0 Å². The van der Waals surface area contributed by atoms with Crippen LogP contribution >= 0.6 is 0 Å². The number of carbonyl (C=O) groups excluding carboxylic acids is 2. The fourth-order valence-electron chi connectivity index (χ4n) is 3.11. The lowest BCUT2D eigenvalue weighted by Crippen LogP contribution is -2.50. The van der Waals surface area contributed by atoms with Crippen molar-refractivity contribution in [3.8, 4) is 0 Å². The van der Waals surface area contributed by atoms with Crippen molar-refractivity contribution >= 4 is 17.8 Å². The van der Waals surface area contributed by atoms with Gasteiger partial charge in [-0.15, -0.1) is 6.58 Å². The molecule has 1 saturated heterocycles. The number of hydrogen-bond acceptors (Lipinski definition) is 3. The number of rotatable bonds is 11. The van der Waals surface area contributed by atoms with Crippen LogP contribution in [0.1, 0.15) is 52.9 Å². The summed E-state index contributed by atoms with van der Waals surface area (Å²) in [5.41, 5.74) is 0. The number of amides is 2. The normalized spacial score (nSPS) is 14.9. The maximum atomic E-state index is 12.4. The summed E-state index contributed by atoms with van der Waals surface area (Å²) in [5.74, 6) is 1.61. The Labute approximate surface area is 170 Å². The van der Waals surface area contributed by atoms with Crippen molar-refractivity contribution in [1.29, 1.82) is 0 Å². The molecule has 0 spiro atoms. The minimum absolute atomic E-state index is 0.209. The van der Waals surface area contributed by atoms with Gasteiger partial charge in [0.05, 0.1) is 0 Å². The van der Waals surface area contributed by atoms with Crippen molar-refractivity contribution in [3.63, 3.8) is 0 Å². The highest BCUT2D eigenvalue weighted by Crippen LogP contribution is 2.10. The third kappa shape index (κ3) is 9.76. The molecule has 1 aliphatic rings. The fraction of sp³-hybridized carbons (Fsp3) is 0.762. The van der Waals surface area contributed by atoms with Gasteiger partial charge < -0.3 is 20.4 Å². The van der Waals surface area contributed by atoms with Crippen LogP contribution in [0.2, 0.25) is 0 Å². The van der Waals surface area contributed by atoms with E-state index in [0.717, 1.165) is 38.3 Å². The molecule has 0 aromatic heterocycles. The number of nitrogens with zero attached hydrogens (tertiary/aromatic N) is 3. The second kappa shape index (κ2) is 14.0. The average Bonchev–Trinajstić information content (AvgIpc) is 2.68. The molecule has 0 atom stereocenters. The van der Waals surface area contributed by atoms with Crippen molar-refractivity contribution < 1.29 is 9.59 Å². The molecule has 0 aromatic rings. The van der Waals surface area contributed by atoms with Crippen LogP contribution in [0.4, 0.5) is 0 Å². The van der Waals surface area contributed by atoms with E-state index in [0.29, 0.717) is 51.5 Å². The van der Waals surface area contributed by atoms with E-state index in [1.54, 1.807) is 6.08 Å². The molecule has 1 heterocycles. The summed E-state index contributed by atoms with van der Waals surface area (Å²) >= 11 is 0. The second-order valence-electron chi connectivity index (χ2n) is 7.60. The van der Waals surface area contributed by atoms with Crippen LogP contribution in [-0.2, 0) is 9.59 Å². The molecule has 0 saturated carbocycles. The summed E-state index contributed by atoms with van der Waals surface area (Å²) in [7, 11) is 0. The summed E-state index contributed by atoms with van der Waals surface area (Å²) in [4.78, 5) is 32.8. The highest BCUT2D eigenvalue weighted by Gasteiger charge is 2.23. The van der Waals surface area contributed by atoms with Crippen molar-refractivity contribution in [2.24, 2.45) is 10.9 Å². The molecule has 7 heteroatoms. The Balaban J connectivity index is 2.18. The molecule has 0 radical (unpaired) electrons. The van der Waals surface area contributed by atoms with E-state index in [-0.39, 0.29) is 11.8 Å². The predicted octanol–water partition coefficient (Wildman–Crippen LogP) is 2.00. The van der Waals surface area contributed by atoms with Crippen LogP contribution in [-0.4, -0.2) is 73.4 Å². The molecule has 1 rings (SSSR count). The number of nitrogens with one attached hydrogen (secondary N) is 2. The van der Waals surface area contributed by atoms with Gasteiger partial charge in [-0.1, -0.05) is 26.3 Å². The van der Waals surface area contributed by atoms with Crippen LogP contribution in [0.25, 0.3) is 0 Å². The average molecular weight is 394 g/mol. The maximum Gasteiger partial charge on any atom is 0.222 e. The van der Waals surface area contributed by atoms with Crippen molar-refractivity contribution in [3.05, 3.63) is 12.7 Å². The standard InChI is InChI=1S/C21H39N5O2/c1-5-11-23-21(22-6-2)24-12-9-7-8-10-19(27)25-13-15-26(16-14-25)20(28)17-18(3)4/h5,18H,1,6-17H2,2-4H3,(H2,22,23,24). The fourth-order valence-corrected chi connectivity index (χ4v) is 3.11. The number of hydrogen-bond donors (Lipinski definition) is 2. The van der Waals surface area contributed by atoms with Crippen molar-refractivity contribution in [2.75, 3.05) is 45.8 Å². The molecule has 28 heavy (non-hydrogen) atoms. The number of carbonyl (C=O) groups is 2. The zero-order valence-electron chi connectivity index (χ0n) is 18.0. The lowest BCUT2D eigenvalue weighted by atomic mass is 10.1. The Morgan fingerprint density at radius 2 is 1.68 bits per heavy atom. The molecule has 0 unspecified atom stereocenters. The first-order valence-electron chi connectivity index (χ1n) is 10.7. The number of guanidine groups is 1. The molecule has 2 amide bonds. The van der Waals surface area contributed by atoms with Crippen LogP contribution < -0.4 is 10.6 Å². The van der Waals surface area contributed by atoms with Gasteiger partial charge in [0.2, 0.25) is 11.8 Å². The van der Waals surface area contributed by atoms with E-state index in [4.69, 9.17) is 0 Å². The lowest BCUT2D eigenvalue weighted by Gasteiger charge is -2.35. The highest BCUT2D eigenvalue weighted by atomic mass is 16.2. The molecule has 160 valence electrons. The lowest BCUT2D eigenvalue weighted by molar-refractivity contribution is -0.140. The summed E-state index contributed by atoms with van der Waals surface area (Å²) in [5, 5.41) is 6.37. The Bertz CT molecular complexity index is 511. The van der Waals surface area contributed by atoms with Gasteiger partial charge in [-0.3, -0.25) is 14.6 Å². The first-order valence-corrected chi connectivity index (χ1v) is 10.7. The molecule has 0 bridgehead atoms. The van der Waals surface area contributed by atoms with Gasteiger partial charge in [0, 0.05) is 58.7 Å². The maximum absolute atomic E-state index is 12.4. The van der Waals surface area contributed by atoms with Crippen LogP contribution in [0.15, 0.2) is 17.6 Å². The molecule has 1 aliphatic heterocycles. The Morgan fingerprint density at radius 1 is 1.04 bits per heavy atom. The Kier molecular flexibility index (Phi) is 12.0. The Morgan fingerprint density at radius 3 is 2.25 bits per heavy atom. The molecular formula is C21H39N5O2. The molecule has 2 N–H and O–H groups in total. The van der Waals surface area contributed by atoms with Crippen molar-refractivity contribution in [2.45, 2.75) is 52.9 Å². The zero-order chi connectivity index (χ0) is 20.8. The SMILES string of the molecule is C=CCNC(=NCCCCCC(=O)N1CCN(C(=O)CC(C)C)CC1)NCC. The number of unbranched alkanes of at least 4 members (excludes halogenated alkanes) is 2.